The molecule has 1 heterocycles. The molecule has 0 saturated carbocycles. The smallest absolute Gasteiger partial charge is 0.0546 e. The van der Waals surface area contributed by atoms with Gasteiger partial charge in [0.05, 0.1) is 11.4 Å². The average Bonchev–Trinajstić information content (AvgIpc) is 3.79. The molecule has 1 nitrogen and oxygen atoms in total. The van der Waals surface area contributed by atoms with Gasteiger partial charge in [-0.25, -0.2) is 0 Å². The molecule has 10 aromatic rings. The highest BCUT2D eigenvalue weighted by Crippen LogP contribution is 2.56. The van der Waals surface area contributed by atoms with E-state index in [0.29, 0.717) is 0 Å². The number of benzene rings is 9. The highest BCUT2D eigenvalue weighted by molar-refractivity contribution is 7.26. The molecule has 0 bridgehead atoms. The summed E-state index contributed by atoms with van der Waals surface area (Å²) in [5.41, 5.74) is 18.1. The van der Waals surface area contributed by atoms with Crippen LogP contribution in [0.3, 0.4) is 0 Å². The third-order valence-electron chi connectivity index (χ3n) is 12.3. The van der Waals surface area contributed by atoms with E-state index in [1.807, 2.05) is 11.3 Å². The lowest BCUT2D eigenvalue weighted by Gasteiger charge is -2.32. The van der Waals surface area contributed by atoms with E-state index in [0.717, 1.165) is 11.4 Å². The van der Waals surface area contributed by atoms with Crippen LogP contribution < -0.4 is 4.90 Å². The van der Waals surface area contributed by atoms with E-state index >= 15 is 0 Å². The summed E-state index contributed by atoms with van der Waals surface area (Å²) < 4.78 is 2.63. The van der Waals surface area contributed by atoms with Gasteiger partial charge in [0, 0.05) is 42.4 Å². The minimum atomic E-state index is -0.152. The first-order valence-corrected chi connectivity index (χ1v) is 21.3. The van der Waals surface area contributed by atoms with Gasteiger partial charge in [0.25, 0.3) is 0 Å². The number of anilines is 3. The SMILES string of the molecule is CC1(C)c2ccccc2-c2c(N(c3cccc(-c4cccc5c4sc4ccccc45)c3)c3cccc(-c4ccccc4)c3-c3ccccc3-c3ccccc3)cccc21. The lowest BCUT2D eigenvalue weighted by molar-refractivity contribution is 0.660. The van der Waals surface area contributed by atoms with Crippen molar-refractivity contribution in [1.82, 2.24) is 0 Å². The Morgan fingerprint density at radius 1 is 0.373 bits per heavy atom. The maximum absolute atomic E-state index is 2.55. The molecule has 0 radical (unpaired) electrons. The first kappa shape index (κ1) is 35.2. The van der Waals surface area contributed by atoms with Gasteiger partial charge in [-0.15, -0.1) is 11.3 Å². The number of nitrogens with zero attached hydrogens (tertiary/aromatic N) is 1. The molecule has 1 aliphatic rings. The zero-order valence-electron chi connectivity index (χ0n) is 33.1. The quantitative estimate of drug-likeness (QED) is 0.156. The second-order valence-electron chi connectivity index (χ2n) is 16.0. The summed E-state index contributed by atoms with van der Waals surface area (Å²) in [6.45, 7) is 4.74. The van der Waals surface area contributed by atoms with E-state index in [-0.39, 0.29) is 5.41 Å². The topological polar surface area (TPSA) is 3.24 Å². The second kappa shape index (κ2) is 14.1. The van der Waals surface area contributed by atoms with Crippen molar-refractivity contribution in [2.24, 2.45) is 0 Å². The van der Waals surface area contributed by atoms with Crippen LogP contribution in [0.25, 0.3) is 75.8 Å². The molecule has 0 unspecified atom stereocenters. The summed E-state index contributed by atoms with van der Waals surface area (Å²) in [5, 5.41) is 2.62. The normalized spacial score (nSPS) is 12.7. The van der Waals surface area contributed by atoms with E-state index in [4.69, 9.17) is 0 Å². The molecule has 0 aliphatic heterocycles. The molecule has 0 N–H and O–H groups in total. The average molecular weight is 772 g/mol. The molecule has 9 aromatic carbocycles. The highest BCUT2D eigenvalue weighted by atomic mass is 32.1. The van der Waals surface area contributed by atoms with Gasteiger partial charge in [0.1, 0.15) is 0 Å². The van der Waals surface area contributed by atoms with Crippen LogP contribution in [0.2, 0.25) is 0 Å². The molecule has 280 valence electrons. The number of thiophene rings is 1. The minimum absolute atomic E-state index is 0.152. The molecule has 0 saturated heterocycles. The Labute approximate surface area is 350 Å². The number of fused-ring (bicyclic) bond motifs is 6. The summed E-state index contributed by atoms with van der Waals surface area (Å²) in [7, 11) is 0. The molecule has 1 aromatic heterocycles. The van der Waals surface area contributed by atoms with Crippen LogP contribution in [0.15, 0.2) is 212 Å². The monoisotopic (exact) mass is 771 g/mol. The summed E-state index contributed by atoms with van der Waals surface area (Å²) >= 11 is 1.88. The standard InChI is InChI=1S/C57H41NS/c1-57(2)49-32-13-11-28-48(49)55-50(57)33-18-35-52(55)58(41-24-15-23-40(37-41)44-30-16-31-47-45-26-12-14-36-53(45)59-56(44)47)51-34-17-29-43(39-21-7-4-8-22-39)54(51)46-27-10-9-25-42(46)38-19-5-3-6-20-38/h3-37H,1-2H3. The van der Waals surface area contributed by atoms with Crippen LogP contribution in [0.4, 0.5) is 17.1 Å². The van der Waals surface area contributed by atoms with Crippen LogP contribution in [-0.2, 0) is 5.41 Å². The Kier molecular flexibility index (Phi) is 8.43. The zero-order valence-corrected chi connectivity index (χ0v) is 33.9. The lowest BCUT2D eigenvalue weighted by Crippen LogP contribution is -2.16. The lowest BCUT2D eigenvalue weighted by atomic mass is 9.82. The third kappa shape index (κ3) is 5.74. The summed E-state index contributed by atoms with van der Waals surface area (Å²) in [6, 6.07) is 78.2. The van der Waals surface area contributed by atoms with Crippen LogP contribution in [0, 0.1) is 0 Å². The predicted octanol–water partition coefficient (Wildman–Crippen LogP) is 16.5. The Balaban J connectivity index is 1.23. The Hall–Kier alpha value is -7.00. The molecule has 0 fully saturated rings. The van der Waals surface area contributed by atoms with Crippen molar-refractivity contribution in [2.45, 2.75) is 19.3 Å². The second-order valence-corrected chi connectivity index (χ2v) is 17.1. The van der Waals surface area contributed by atoms with Gasteiger partial charge in [-0.2, -0.15) is 0 Å². The van der Waals surface area contributed by atoms with Gasteiger partial charge in [-0.1, -0.05) is 196 Å². The van der Waals surface area contributed by atoms with Crippen molar-refractivity contribution in [3.05, 3.63) is 223 Å². The Morgan fingerprint density at radius 3 is 1.69 bits per heavy atom. The summed E-state index contributed by atoms with van der Waals surface area (Å²) in [4.78, 5) is 2.55. The molecule has 1 aliphatic carbocycles. The third-order valence-corrected chi connectivity index (χ3v) is 13.5. The fourth-order valence-corrected chi connectivity index (χ4v) is 10.8. The van der Waals surface area contributed by atoms with E-state index in [1.54, 1.807) is 0 Å². The van der Waals surface area contributed by atoms with E-state index < -0.39 is 0 Å². The highest BCUT2D eigenvalue weighted by Gasteiger charge is 2.38. The van der Waals surface area contributed by atoms with Crippen LogP contribution >= 0.6 is 11.3 Å². The zero-order chi connectivity index (χ0) is 39.5. The van der Waals surface area contributed by atoms with Crippen molar-refractivity contribution < 1.29 is 0 Å². The van der Waals surface area contributed by atoms with Crippen molar-refractivity contribution >= 4 is 48.6 Å². The Bertz CT molecular complexity index is 3190. The summed E-state index contributed by atoms with van der Waals surface area (Å²) in [5.74, 6) is 0. The predicted molar refractivity (Wildman–Crippen MR) is 253 cm³/mol. The molecule has 59 heavy (non-hydrogen) atoms. The van der Waals surface area contributed by atoms with Gasteiger partial charge in [0.2, 0.25) is 0 Å². The summed E-state index contributed by atoms with van der Waals surface area (Å²) in [6.07, 6.45) is 0. The van der Waals surface area contributed by atoms with Gasteiger partial charge >= 0.3 is 0 Å². The molecular weight excluding hydrogens is 731 g/mol. The number of hydrogen-bond acceptors (Lipinski definition) is 2. The number of hydrogen-bond donors (Lipinski definition) is 0. The van der Waals surface area contributed by atoms with Gasteiger partial charge in [-0.3, -0.25) is 0 Å². The van der Waals surface area contributed by atoms with Crippen LogP contribution in [0.5, 0.6) is 0 Å². The van der Waals surface area contributed by atoms with Crippen molar-refractivity contribution in [1.29, 1.82) is 0 Å². The Morgan fingerprint density at radius 2 is 0.898 bits per heavy atom. The molecule has 0 amide bonds. The van der Waals surface area contributed by atoms with Gasteiger partial charge < -0.3 is 4.90 Å². The molecule has 11 rings (SSSR count). The molecule has 0 atom stereocenters. The largest absolute Gasteiger partial charge is 0.309 e. The van der Waals surface area contributed by atoms with E-state index in [1.165, 1.54) is 92.6 Å². The number of rotatable bonds is 7. The van der Waals surface area contributed by atoms with Crippen molar-refractivity contribution in [2.75, 3.05) is 4.90 Å². The van der Waals surface area contributed by atoms with Crippen LogP contribution in [-0.4, -0.2) is 0 Å². The maximum Gasteiger partial charge on any atom is 0.0546 e. The first-order valence-electron chi connectivity index (χ1n) is 20.4. The molecule has 2 heteroatoms. The van der Waals surface area contributed by atoms with Crippen molar-refractivity contribution in [3.8, 4) is 55.6 Å². The maximum atomic E-state index is 2.55. The van der Waals surface area contributed by atoms with Gasteiger partial charge in [-0.05, 0) is 86.0 Å². The fourth-order valence-electron chi connectivity index (χ4n) is 9.55. The molecule has 0 spiro atoms. The fraction of sp³-hybridized carbons (Fsp3) is 0.0526. The molecular formula is C57H41NS. The van der Waals surface area contributed by atoms with E-state index in [2.05, 4.69) is 231 Å². The minimum Gasteiger partial charge on any atom is -0.309 e. The first-order chi connectivity index (χ1) is 29.1. The van der Waals surface area contributed by atoms with Gasteiger partial charge in [0.15, 0.2) is 0 Å². The van der Waals surface area contributed by atoms with Crippen molar-refractivity contribution in [3.63, 3.8) is 0 Å². The van der Waals surface area contributed by atoms with Crippen LogP contribution in [0.1, 0.15) is 25.0 Å². The van der Waals surface area contributed by atoms with E-state index in [9.17, 15) is 0 Å².